The predicted octanol–water partition coefficient (Wildman–Crippen LogP) is 2.75. The quantitative estimate of drug-likeness (QED) is 0.728. The van der Waals surface area contributed by atoms with Crippen molar-refractivity contribution < 1.29 is 19.1 Å². The second kappa shape index (κ2) is 6.93. The smallest absolute Gasteiger partial charge is 0.418 e. The Morgan fingerprint density at radius 3 is 2.15 bits per heavy atom. The molecule has 0 spiro atoms. The minimum absolute atomic E-state index is 0.0582. The molecule has 0 saturated heterocycles. The zero-order chi connectivity index (χ0) is 14.4. The van der Waals surface area contributed by atoms with Gasteiger partial charge >= 0.3 is 12.1 Å². The van der Waals surface area contributed by atoms with Crippen LogP contribution >= 0.6 is 0 Å². The SMILES string of the molecule is COC(=O)C1CCC(OC(=O)N2C=CC=CC=C2)CC1. The first-order valence-electron chi connectivity index (χ1n) is 6.79. The summed E-state index contributed by atoms with van der Waals surface area (Å²) in [5.41, 5.74) is 0. The van der Waals surface area contributed by atoms with Crippen LogP contribution in [0.2, 0.25) is 0 Å². The Morgan fingerprint density at radius 2 is 1.60 bits per heavy atom. The Balaban J connectivity index is 1.80. The fourth-order valence-electron chi connectivity index (χ4n) is 2.37. The van der Waals surface area contributed by atoms with E-state index in [0.29, 0.717) is 25.7 Å². The molecule has 1 amide bonds. The first-order valence-corrected chi connectivity index (χ1v) is 6.79. The molecule has 0 radical (unpaired) electrons. The van der Waals surface area contributed by atoms with E-state index in [1.807, 2.05) is 12.2 Å². The molecule has 0 aromatic carbocycles. The molecule has 1 fully saturated rings. The molecule has 0 N–H and O–H groups in total. The van der Waals surface area contributed by atoms with Crippen molar-refractivity contribution >= 4 is 12.1 Å². The topological polar surface area (TPSA) is 55.8 Å². The number of carbonyl (C=O) groups is 2. The number of ether oxygens (including phenoxy) is 2. The van der Waals surface area contributed by atoms with Crippen molar-refractivity contribution in [1.29, 1.82) is 0 Å². The summed E-state index contributed by atoms with van der Waals surface area (Å²) in [5, 5.41) is 0. The Labute approximate surface area is 118 Å². The molecule has 0 unspecified atom stereocenters. The zero-order valence-electron chi connectivity index (χ0n) is 11.5. The van der Waals surface area contributed by atoms with Crippen LogP contribution in [-0.4, -0.2) is 30.2 Å². The van der Waals surface area contributed by atoms with E-state index in [4.69, 9.17) is 9.47 Å². The molecule has 1 heterocycles. The summed E-state index contributed by atoms with van der Waals surface area (Å²) < 4.78 is 10.2. The van der Waals surface area contributed by atoms with Crippen molar-refractivity contribution in [2.45, 2.75) is 31.8 Å². The molecule has 0 bridgehead atoms. The summed E-state index contributed by atoms with van der Waals surface area (Å²) in [4.78, 5) is 24.8. The lowest BCUT2D eigenvalue weighted by Crippen LogP contribution is -2.31. The van der Waals surface area contributed by atoms with E-state index < -0.39 is 0 Å². The van der Waals surface area contributed by atoms with Crippen LogP contribution in [0.1, 0.15) is 25.7 Å². The fraction of sp³-hybridized carbons (Fsp3) is 0.467. The number of nitrogens with zero attached hydrogens (tertiary/aromatic N) is 1. The van der Waals surface area contributed by atoms with Crippen LogP contribution in [0.4, 0.5) is 4.79 Å². The molecular formula is C15H19NO4. The number of rotatable bonds is 2. The molecule has 2 rings (SSSR count). The third-order valence-electron chi connectivity index (χ3n) is 3.51. The Bertz CT molecular complexity index is 429. The highest BCUT2D eigenvalue weighted by molar-refractivity contribution is 5.72. The summed E-state index contributed by atoms with van der Waals surface area (Å²) >= 11 is 0. The molecule has 0 atom stereocenters. The van der Waals surface area contributed by atoms with Gasteiger partial charge in [-0.2, -0.15) is 0 Å². The van der Waals surface area contributed by atoms with Crippen molar-refractivity contribution in [3.05, 3.63) is 36.7 Å². The van der Waals surface area contributed by atoms with Crippen LogP contribution in [-0.2, 0) is 14.3 Å². The molecule has 1 saturated carbocycles. The van der Waals surface area contributed by atoms with E-state index in [-0.39, 0.29) is 24.1 Å². The third-order valence-corrected chi connectivity index (χ3v) is 3.51. The summed E-state index contributed by atoms with van der Waals surface area (Å²) in [6.07, 6.45) is 12.8. The van der Waals surface area contributed by atoms with Crippen LogP contribution in [0.25, 0.3) is 0 Å². The number of esters is 1. The van der Waals surface area contributed by atoms with E-state index >= 15 is 0 Å². The summed E-state index contributed by atoms with van der Waals surface area (Å²) in [7, 11) is 1.40. The maximum absolute atomic E-state index is 12.0. The van der Waals surface area contributed by atoms with Gasteiger partial charge in [0.05, 0.1) is 13.0 Å². The minimum Gasteiger partial charge on any atom is -0.469 e. The molecular weight excluding hydrogens is 258 g/mol. The van der Waals surface area contributed by atoms with Gasteiger partial charge in [-0.05, 0) is 37.8 Å². The van der Waals surface area contributed by atoms with Crippen molar-refractivity contribution in [2.24, 2.45) is 5.92 Å². The highest BCUT2D eigenvalue weighted by atomic mass is 16.6. The van der Waals surface area contributed by atoms with Crippen molar-refractivity contribution in [2.75, 3.05) is 7.11 Å². The largest absolute Gasteiger partial charge is 0.469 e. The molecule has 0 aromatic heterocycles. The summed E-state index contributed by atoms with van der Waals surface area (Å²) in [6.45, 7) is 0. The standard InChI is InChI=1S/C15H19NO4/c1-19-14(17)12-6-8-13(9-7-12)20-15(18)16-10-4-2-3-5-11-16/h2-5,10-13H,6-9H2,1H3. The van der Waals surface area contributed by atoms with Crippen LogP contribution in [0.3, 0.4) is 0 Å². The Hall–Kier alpha value is -2.04. The zero-order valence-corrected chi connectivity index (χ0v) is 11.5. The fourth-order valence-corrected chi connectivity index (χ4v) is 2.37. The van der Waals surface area contributed by atoms with Crippen molar-refractivity contribution in [3.8, 4) is 0 Å². The lowest BCUT2D eigenvalue weighted by Gasteiger charge is -2.27. The number of methoxy groups -OCH3 is 1. The normalized spacial score (nSPS) is 25.1. The molecule has 20 heavy (non-hydrogen) atoms. The molecule has 108 valence electrons. The second-order valence-electron chi connectivity index (χ2n) is 4.86. The monoisotopic (exact) mass is 277 g/mol. The van der Waals surface area contributed by atoms with Gasteiger partial charge in [0, 0.05) is 12.4 Å². The van der Waals surface area contributed by atoms with Crippen LogP contribution < -0.4 is 0 Å². The molecule has 1 aliphatic heterocycles. The number of hydrogen-bond acceptors (Lipinski definition) is 4. The van der Waals surface area contributed by atoms with Gasteiger partial charge in [0.2, 0.25) is 0 Å². The molecule has 5 nitrogen and oxygen atoms in total. The number of amides is 1. The van der Waals surface area contributed by atoms with Gasteiger partial charge in [-0.1, -0.05) is 12.2 Å². The third kappa shape index (κ3) is 3.73. The average Bonchev–Trinajstić information content (AvgIpc) is 2.76. The van der Waals surface area contributed by atoms with Gasteiger partial charge in [-0.25, -0.2) is 4.79 Å². The predicted molar refractivity (Wildman–Crippen MR) is 73.5 cm³/mol. The minimum atomic E-state index is -0.386. The maximum Gasteiger partial charge on any atom is 0.418 e. The highest BCUT2D eigenvalue weighted by Gasteiger charge is 2.29. The number of carbonyl (C=O) groups excluding carboxylic acids is 2. The second-order valence-corrected chi connectivity index (χ2v) is 4.86. The van der Waals surface area contributed by atoms with Crippen molar-refractivity contribution in [3.63, 3.8) is 0 Å². The Morgan fingerprint density at radius 1 is 1.00 bits per heavy atom. The summed E-state index contributed by atoms with van der Waals surface area (Å²) in [5.74, 6) is -0.226. The van der Waals surface area contributed by atoms with Gasteiger partial charge in [0.15, 0.2) is 0 Å². The lowest BCUT2D eigenvalue weighted by molar-refractivity contribution is -0.147. The highest BCUT2D eigenvalue weighted by Crippen LogP contribution is 2.27. The first kappa shape index (κ1) is 14.4. The van der Waals surface area contributed by atoms with E-state index in [9.17, 15) is 9.59 Å². The first-order chi connectivity index (χ1) is 9.70. The van der Waals surface area contributed by atoms with E-state index in [2.05, 4.69) is 0 Å². The molecule has 1 aliphatic carbocycles. The van der Waals surface area contributed by atoms with Gasteiger partial charge in [0.25, 0.3) is 0 Å². The van der Waals surface area contributed by atoms with Gasteiger partial charge < -0.3 is 9.47 Å². The molecule has 5 heteroatoms. The number of allylic oxidation sites excluding steroid dienone is 4. The average molecular weight is 277 g/mol. The lowest BCUT2D eigenvalue weighted by atomic mass is 9.87. The maximum atomic E-state index is 12.0. The number of hydrogen-bond donors (Lipinski definition) is 0. The van der Waals surface area contributed by atoms with E-state index in [1.54, 1.807) is 24.6 Å². The van der Waals surface area contributed by atoms with E-state index in [1.165, 1.54) is 12.0 Å². The summed E-state index contributed by atoms with van der Waals surface area (Å²) in [6, 6.07) is 0. The van der Waals surface area contributed by atoms with Gasteiger partial charge in [-0.15, -0.1) is 0 Å². The van der Waals surface area contributed by atoms with Crippen molar-refractivity contribution in [1.82, 2.24) is 4.90 Å². The van der Waals surface area contributed by atoms with Crippen LogP contribution in [0.15, 0.2) is 36.7 Å². The van der Waals surface area contributed by atoms with Gasteiger partial charge in [-0.3, -0.25) is 9.69 Å². The van der Waals surface area contributed by atoms with Crippen LogP contribution in [0.5, 0.6) is 0 Å². The molecule has 0 aromatic rings. The van der Waals surface area contributed by atoms with Gasteiger partial charge in [0.1, 0.15) is 6.10 Å². The molecule has 2 aliphatic rings. The Kier molecular flexibility index (Phi) is 4.98. The van der Waals surface area contributed by atoms with Crippen LogP contribution in [0, 0.1) is 5.92 Å². The van der Waals surface area contributed by atoms with E-state index in [0.717, 1.165) is 0 Å².